The van der Waals surface area contributed by atoms with E-state index in [2.05, 4.69) is 27.4 Å². The number of benzene rings is 1. The van der Waals surface area contributed by atoms with Crippen molar-refractivity contribution in [3.8, 4) is 10.6 Å². The topological polar surface area (TPSA) is 66.0 Å². The molecule has 1 aromatic heterocycles. The molecule has 0 radical (unpaired) electrons. The molecule has 0 aliphatic heterocycles. The normalized spacial score (nSPS) is 10.2. The van der Waals surface area contributed by atoms with Crippen LogP contribution in [0.1, 0.15) is 21.8 Å². The summed E-state index contributed by atoms with van der Waals surface area (Å²) in [4.78, 5) is 17.4. The highest BCUT2D eigenvalue weighted by Gasteiger charge is 2.16. The van der Waals surface area contributed by atoms with Gasteiger partial charge in [-0.2, -0.15) is 11.8 Å². The molecule has 1 aromatic carbocycles. The fourth-order valence-corrected chi connectivity index (χ4v) is 3.50. The molecule has 0 atom stereocenters. The maximum Gasteiger partial charge on any atom is 0.281 e. The van der Waals surface area contributed by atoms with E-state index in [1.165, 1.54) is 11.3 Å². The van der Waals surface area contributed by atoms with Crippen molar-refractivity contribution in [2.75, 3.05) is 18.6 Å². The van der Waals surface area contributed by atoms with Crippen LogP contribution in [0, 0.1) is 6.92 Å². The Morgan fingerprint density at radius 2 is 2.04 bits per heavy atom. The molecule has 2 rings (SSSR count). The van der Waals surface area contributed by atoms with Crippen LogP contribution in [0.15, 0.2) is 30.3 Å². The number of thiocarbonyl (C=S) groups is 1. The summed E-state index contributed by atoms with van der Waals surface area (Å²) in [5.41, 5.74) is 7.05. The lowest BCUT2D eigenvalue weighted by Gasteiger charge is -2.10. The van der Waals surface area contributed by atoms with Crippen LogP contribution >= 0.6 is 35.3 Å². The molecular formula is C16H20N4OS3. The smallest absolute Gasteiger partial charge is 0.281 e. The average molecular weight is 381 g/mol. The lowest BCUT2D eigenvalue weighted by Crippen LogP contribution is -2.47. The summed E-state index contributed by atoms with van der Waals surface area (Å²) in [6, 6.07) is 9.81. The largest absolute Gasteiger partial charge is 0.361 e. The number of aromatic nitrogens is 1. The van der Waals surface area contributed by atoms with E-state index in [4.69, 9.17) is 12.2 Å². The van der Waals surface area contributed by atoms with Gasteiger partial charge in [0.05, 0.1) is 5.69 Å². The minimum atomic E-state index is -0.236. The summed E-state index contributed by atoms with van der Waals surface area (Å²) in [6.45, 7) is 2.61. The zero-order chi connectivity index (χ0) is 17.4. The maximum absolute atomic E-state index is 12.3. The Morgan fingerprint density at radius 3 is 2.75 bits per heavy atom. The number of carbonyl (C=O) groups excluding carboxylic acids is 1. The van der Waals surface area contributed by atoms with Crippen molar-refractivity contribution in [1.82, 2.24) is 21.2 Å². The fourth-order valence-electron chi connectivity index (χ4n) is 1.94. The van der Waals surface area contributed by atoms with E-state index in [1.807, 2.05) is 37.3 Å². The minimum Gasteiger partial charge on any atom is -0.361 e. The molecular weight excluding hydrogens is 360 g/mol. The molecule has 1 amide bonds. The lowest BCUT2D eigenvalue weighted by molar-refractivity contribution is 0.0947. The number of hydrogen-bond acceptors (Lipinski definition) is 5. The van der Waals surface area contributed by atoms with E-state index < -0.39 is 0 Å². The second-order valence-electron chi connectivity index (χ2n) is 4.98. The Hall–Kier alpha value is -1.64. The SMILES string of the molecule is CSCCCNC(=S)NNC(=O)c1sc(-c2ccccc2)nc1C. The summed E-state index contributed by atoms with van der Waals surface area (Å²) >= 11 is 8.29. The highest BCUT2D eigenvalue weighted by Crippen LogP contribution is 2.27. The van der Waals surface area contributed by atoms with Crippen molar-refractivity contribution in [1.29, 1.82) is 0 Å². The minimum absolute atomic E-state index is 0.236. The molecule has 0 unspecified atom stereocenters. The van der Waals surface area contributed by atoms with Crippen LogP contribution < -0.4 is 16.2 Å². The van der Waals surface area contributed by atoms with Crippen molar-refractivity contribution in [3.05, 3.63) is 40.9 Å². The molecule has 128 valence electrons. The predicted molar refractivity (Wildman–Crippen MR) is 106 cm³/mol. The number of aryl methyl sites for hydroxylation is 1. The van der Waals surface area contributed by atoms with Crippen LogP contribution in [0.2, 0.25) is 0 Å². The summed E-state index contributed by atoms with van der Waals surface area (Å²) in [6.07, 6.45) is 3.09. The second kappa shape index (κ2) is 9.61. The first-order chi connectivity index (χ1) is 11.6. The number of nitrogens with zero attached hydrogens (tertiary/aromatic N) is 1. The standard InChI is InChI=1S/C16H20N4OS3/c1-11-13(24-15(18-11)12-7-4-3-5-8-12)14(21)19-20-16(22)17-9-6-10-23-2/h3-5,7-8H,6,9-10H2,1-2H3,(H,19,21)(H2,17,20,22). The number of carbonyl (C=O) groups is 1. The Kier molecular flexibility index (Phi) is 7.48. The maximum atomic E-state index is 12.3. The van der Waals surface area contributed by atoms with E-state index in [9.17, 15) is 4.79 Å². The molecule has 1 heterocycles. The van der Waals surface area contributed by atoms with Crippen molar-refractivity contribution in [2.24, 2.45) is 0 Å². The van der Waals surface area contributed by atoms with Crippen molar-refractivity contribution in [2.45, 2.75) is 13.3 Å². The molecule has 5 nitrogen and oxygen atoms in total. The number of thiazole rings is 1. The molecule has 0 spiro atoms. The van der Waals surface area contributed by atoms with E-state index in [-0.39, 0.29) is 5.91 Å². The van der Waals surface area contributed by atoms with Crippen LogP contribution in [0.4, 0.5) is 0 Å². The summed E-state index contributed by atoms with van der Waals surface area (Å²) in [7, 11) is 0. The lowest BCUT2D eigenvalue weighted by atomic mass is 10.2. The van der Waals surface area contributed by atoms with Crippen molar-refractivity contribution >= 4 is 46.3 Å². The first-order valence-electron chi connectivity index (χ1n) is 7.47. The number of hydrogen-bond donors (Lipinski definition) is 3. The monoisotopic (exact) mass is 380 g/mol. The van der Waals surface area contributed by atoms with Gasteiger partial charge < -0.3 is 5.32 Å². The van der Waals surface area contributed by atoms with Crippen LogP contribution in [0.25, 0.3) is 10.6 Å². The Balaban J connectivity index is 1.89. The van der Waals surface area contributed by atoms with Crippen molar-refractivity contribution < 1.29 is 4.79 Å². The summed E-state index contributed by atoms with van der Waals surface area (Å²) < 4.78 is 0. The number of hydrazine groups is 1. The highest BCUT2D eigenvalue weighted by atomic mass is 32.2. The molecule has 0 saturated carbocycles. The molecule has 0 saturated heterocycles. The highest BCUT2D eigenvalue weighted by molar-refractivity contribution is 7.98. The van der Waals surface area contributed by atoms with E-state index in [1.54, 1.807) is 11.8 Å². The molecule has 2 aromatic rings. The number of rotatable bonds is 6. The Bertz CT molecular complexity index is 688. The van der Waals surface area contributed by atoms with Crippen LogP contribution in [-0.2, 0) is 0 Å². The van der Waals surface area contributed by atoms with Gasteiger partial charge in [0.15, 0.2) is 5.11 Å². The van der Waals surface area contributed by atoms with Crippen LogP contribution in [0.5, 0.6) is 0 Å². The molecule has 8 heteroatoms. The number of nitrogens with one attached hydrogen (secondary N) is 3. The van der Waals surface area contributed by atoms with Gasteiger partial charge >= 0.3 is 0 Å². The van der Waals surface area contributed by atoms with Crippen LogP contribution in [-0.4, -0.2) is 34.6 Å². The van der Waals surface area contributed by atoms with Crippen molar-refractivity contribution in [3.63, 3.8) is 0 Å². The Morgan fingerprint density at radius 1 is 1.29 bits per heavy atom. The first-order valence-corrected chi connectivity index (χ1v) is 10.1. The fraction of sp³-hybridized carbons (Fsp3) is 0.312. The predicted octanol–water partition coefficient (Wildman–Crippen LogP) is 2.98. The third kappa shape index (κ3) is 5.47. The van der Waals surface area contributed by atoms with Gasteiger partial charge in [0, 0.05) is 12.1 Å². The van der Waals surface area contributed by atoms with Gasteiger partial charge in [-0.3, -0.25) is 15.6 Å². The van der Waals surface area contributed by atoms with Crippen LogP contribution in [0.3, 0.4) is 0 Å². The second-order valence-corrected chi connectivity index (χ2v) is 7.37. The molecule has 3 N–H and O–H groups in total. The zero-order valence-electron chi connectivity index (χ0n) is 13.6. The van der Waals surface area contributed by atoms with Gasteiger partial charge in [0.2, 0.25) is 0 Å². The van der Waals surface area contributed by atoms with Gasteiger partial charge in [0.25, 0.3) is 5.91 Å². The van der Waals surface area contributed by atoms with Gasteiger partial charge in [0.1, 0.15) is 9.88 Å². The van der Waals surface area contributed by atoms with E-state index in [0.717, 1.165) is 29.3 Å². The third-order valence-electron chi connectivity index (χ3n) is 3.12. The van der Waals surface area contributed by atoms with Gasteiger partial charge in [-0.05, 0) is 37.6 Å². The van der Waals surface area contributed by atoms with Gasteiger partial charge in [-0.25, -0.2) is 4.98 Å². The van der Waals surface area contributed by atoms with Gasteiger partial charge in [-0.15, -0.1) is 11.3 Å². The molecule has 0 aliphatic rings. The van der Waals surface area contributed by atoms with E-state index in [0.29, 0.717) is 15.7 Å². The molecule has 0 aliphatic carbocycles. The summed E-state index contributed by atoms with van der Waals surface area (Å²) in [5, 5.41) is 4.29. The zero-order valence-corrected chi connectivity index (χ0v) is 16.0. The average Bonchev–Trinajstić information content (AvgIpc) is 2.99. The number of thioether (sulfide) groups is 1. The summed E-state index contributed by atoms with van der Waals surface area (Å²) in [5.74, 6) is 0.838. The third-order valence-corrected chi connectivity index (χ3v) is 5.27. The quantitative estimate of drug-likeness (QED) is 0.407. The molecule has 24 heavy (non-hydrogen) atoms. The number of amides is 1. The first kappa shape index (κ1) is 18.7. The molecule has 0 bridgehead atoms. The van der Waals surface area contributed by atoms with Gasteiger partial charge in [-0.1, -0.05) is 30.3 Å². The van der Waals surface area contributed by atoms with E-state index >= 15 is 0 Å². The molecule has 0 fully saturated rings. The Labute approximate surface area is 155 Å².